The summed E-state index contributed by atoms with van der Waals surface area (Å²) in [5.74, 6) is -0.481. The van der Waals surface area contributed by atoms with Crippen LogP contribution in [-0.2, 0) is 18.0 Å². The first-order valence-corrected chi connectivity index (χ1v) is 8.41. The first-order chi connectivity index (χ1) is 10.8. The van der Waals surface area contributed by atoms with E-state index in [0.717, 1.165) is 0 Å². The van der Waals surface area contributed by atoms with Crippen LogP contribution in [0, 0.1) is 5.82 Å². The normalized spacial score (nSPS) is 14.5. The number of halogens is 2. The number of nitrogens with zero attached hydrogens (tertiary/aromatic N) is 1. The molecule has 0 bridgehead atoms. The van der Waals surface area contributed by atoms with Gasteiger partial charge in [0.2, 0.25) is 0 Å². The molecule has 3 nitrogen and oxygen atoms in total. The Kier molecular flexibility index (Phi) is 5.73. The Bertz CT molecular complexity index is 644. The van der Waals surface area contributed by atoms with Crippen LogP contribution >= 0.6 is 0 Å². The van der Waals surface area contributed by atoms with Crippen LogP contribution in [0.3, 0.4) is 0 Å². The van der Waals surface area contributed by atoms with Crippen LogP contribution in [0.25, 0.3) is 0 Å². The molecule has 23 heavy (non-hydrogen) atoms. The molecule has 0 saturated carbocycles. The van der Waals surface area contributed by atoms with Gasteiger partial charge in [-0.25, -0.2) is 8.78 Å². The Morgan fingerprint density at radius 3 is 2.39 bits per heavy atom. The number of pyridine rings is 1. The molecule has 0 radical (unpaired) electrons. The highest BCUT2D eigenvalue weighted by Crippen LogP contribution is 2.26. The molecule has 0 amide bonds. The van der Waals surface area contributed by atoms with Gasteiger partial charge in [-0.3, -0.25) is 4.98 Å². The van der Waals surface area contributed by atoms with Gasteiger partial charge in [-0.2, -0.15) is 0 Å². The fourth-order valence-electron chi connectivity index (χ4n) is 1.98. The van der Waals surface area contributed by atoms with Crippen molar-refractivity contribution in [2.45, 2.75) is 38.2 Å². The van der Waals surface area contributed by atoms with E-state index in [9.17, 15) is 13.3 Å². The van der Waals surface area contributed by atoms with Crippen molar-refractivity contribution in [3.05, 3.63) is 65.2 Å². The Labute approximate surface area is 138 Å². The molecule has 0 saturated heterocycles. The largest absolute Gasteiger partial charge is 0.598 e. The van der Waals surface area contributed by atoms with Crippen molar-refractivity contribution in [1.82, 2.24) is 9.71 Å². The van der Waals surface area contributed by atoms with Gasteiger partial charge in [0.25, 0.3) is 0 Å². The summed E-state index contributed by atoms with van der Waals surface area (Å²) >= 11 is -1.41. The van der Waals surface area contributed by atoms with E-state index in [1.54, 1.807) is 24.3 Å². The van der Waals surface area contributed by atoms with Crippen LogP contribution < -0.4 is 4.72 Å². The third-order valence-corrected chi connectivity index (χ3v) is 4.87. The standard InChI is InChI=1S/C17H20F2N2OS/c1-17(2,3)23(22)21-15(16-14(19)5-4-10-20-16)13-8-6-12(11-18)7-9-13/h4-10,15,21H,11H2,1-3H3/t15-,23-/m0/s1. The quantitative estimate of drug-likeness (QED) is 0.843. The second-order valence-corrected chi connectivity index (χ2v) is 8.18. The van der Waals surface area contributed by atoms with Crippen LogP contribution in [-0.4, -0.2) is 14.3 Å². The second kappa shape index (κ2) is 7.38. The lowest BCUT2D eigenvalue weighted by Gasteiger charge is -2.28. The molecule has 1 aromatic carbocycles. The van der Waals surface area contributed by atoms with Crippen LogP contribution in [0.15, 0.2) is 42.6 Å². The molecule has 0 fully saturated rings. The van der Waals surface area contributed by atoms with E-state index >= 15 is 0 Å². The maximum Gasteiger partial charge on any atom is 0.146 e. The summed E-state index contributed by atoms with van der Waals surface area (Å²) in [4.78, 5) is 4.09. The van der Waals surface area contributed by atoms with E-state index < -0.39 is 34.6 Å². The highest BCUT2D eigenvalue weighted by Gasteiger charge is 2.32. The minimum atomic E-state index is -1.41. The van der Waals surface area contributed by atoms with E-state index in [2.05, 4.69) is 9.71 Å². The lowest BCUT2D eigenvalue weighted by Crippen LogP contribution is -2.42. The lowest BCUT2D eigenvalue weighted by atomic mass is 10.0. The van der Waals surface area contributed by atoms with Gasteiger partial charge in [-0.05, 0) is 44.0 Å². The third kappa shape index (κ3) is 4.50. The molecule has 124 valence electrons. The van der Waals surface area contributed by atoms with E-state index in [1.165, 1.54) is 18.3 Å². The SMILES string of the molecule is CC(C)(C)[S@+]([O-])N[C@@H](c1ccc(CF)cc1)c1ncccc1F. The van der Waals surface area contributed by atoms with E-state index in [-0.39, 0.29) is 5.69 Å². The highest BCUT2D eigenvalue weighted by molar-refractivity contribution is 7.90. The molecule has 1 aromatic heterocycles. The minimum Gasteiger partial charge on any atom is -0.598 e. The van der Waals surface area contributed by atoms with Crippen molar-refractivity contribution in [3.8, 4) is 0 Å². The summed E-state index contributed by atoms with van der Waals surface area (Å²) in [6.45, 7) is 4.92. The monoisotopic (exact) mass is 338 g/mol. The molecule has 0 unspecified atom stereocenters. The first-order valence-electron chi connectivity index (χ1n) is 7.26. The number of aromatic nitrogens is 1. The summed E-state index contributed by atoms with van der Waals surface area (Å²) < 4.78 is 41.7. The molecule has 1 heterocycles. The fourth-order valence-corrected chi connectivity index (χ4v) is 2.79. The predicted molar refractivity (Wildman–Crippen MR) is 88.3 cm³/mol. The van der Waals surface area contributed by atoms with Gasteiger partial charge in [0.1, 0.15) is 29.0 Å². The molecule has 1 N–H and O–H groups in total. The molecule has 2 rings (SSSR count). The smallest absolute Gasteiger partial charge is 0.146 e. The Balaban J connectivity index is 2.40. The van der Waals surface area contributed by atoms with Gasteiger partial charge in [0, 0.05) is 17.6 Å². The number of hydrogen-bond acceptors (Lipinski definition) is 3. The number of alkyl halides is 1. The zero-order valence-corrected chi connectivity index (χ0v) is 14.2. The maximum absolute atomic E-state index is 14.2. The van der Waals surface area contributed by atoms with Crippen LogP contribution in [0.2, 0.25) is 0 Å². The van der Waals surface area contributed by atoms with Gasteiger partial charge < -0.3 is 4.55 Å². The first kappa shape index (κ1) is 17.8. The molecule has 0 aliphatic carbocycles. The zero-order valence-electron chi connectivity index (χ0n) is 13.3. The number of hydrogen-bond donors (Lipinski definition) is 1. The average Bonchev–Trinajstić information content (AvgIpc) is 2.52. The summed E-state index contributed by atoms with van der Waals surface area (Å²) in [6.07, 6.45) is 1.49. The number of benzene rings is 1. The van der Waals surface area contributed by atoms with Crippen LogP contribution in [0.5, 0.6) is 0 Å². The molecule has 2 aromatic rings. The molecule has 2 atom stereocenters. The molecule has 6 heteroatoms. The van der Waals surface area contributed by atoms with E-state index in [1.807, 2.05) is 20.8 Å². The van der Waals surface area contributed by atoms with Gasteiger partial charge in [0.15, 0.2) is 0 Å². The number of rotatable bonds is 5. The van der Waals surface area contributed by atoms with E-state index in [4.69, 9.17) is 0 Å². The lowest BCUT2D eigenvalue weighted by molar-refractivity contribution is 0.485. The van der Waals surface area contributed by atoms with Gasteiger partial charge in [-0.15, -0.1) is 4.72 Å². The molecular weight excluding hydrogens is 318 g/mol. The zero-order chi connectivity index (χ0) is 17.0. The van der Waals surface area contributed by atoms with Crippen molar-refractivity contribution in [2.24, 2.45) is 0 Å². The predicted octanol–water partition coefficient (Wildman–Crippen LogP) is 3.83. The molecular formula is C17H20F2N2OS. The van der Waals surface area contributed by atoms with Gasteiger partial charge in [0.05, 0.1) is 0 Å². The Morgan fingerprint density at radius 2 is 1.87 bits per heavy atom. The van der Waals surface area contributed by atoms with Crippen molar-refractivity contribution in [3.63, 3.8) is 0 Å². The summed E-state index contributed by atoms with van der Waals surface area (Å²) in [5.41, 5.74) is 1.38. The average molecular weight is 338 g/mol. The summed E-state index contributed by atoms with van der Waals surface area (Å²) in [6, 6.07) is 8.79. The number of nitrogens with one attached hydrogen (secondary N) is 1. The van der Waals surface area contributed by atoms with E-state index in [0.29, 0.717) is 11.1 Å². The Morgan fingerprint density at radius 1 is 1.22 bits per heavy atom. The second-order valence-electron chi connectivity index (χ2n) is 6.18. The van der Waals surface area contributed by atoms with Crippen LogP contribution in [0.1, 0.15) is 43.6 Å². The summed E-state index contributed by atoms with van der Waals surface area (Å²) in [7, 11) is 0. The summed E-state index contributed by atoms with van der Waals surface area (Å²) in [5, 5.41) is 0. The molecule has 0 aliphatic heterocycles. The highest BCUT2D eigenvalue weighted by atomic mass is 32.2. The fraction of sp³-hybridized carbons (Fsp3) is 0.353. The van der Waals surface area contributed by atoms with Crippen LogP contribution in [0.4, 0.5) is 8.78 Å². The topological polar surface area (TPSA) is 48.0 Å². The Hall–Kier alpha value is -1.50. The van der Waals surface area contributed by atoms with Crippen molar-refractivity contribution < 1.29 is 13.3 Å². The minimum absolute atomic E-state index is 0.165. The maximum atomic E-state index is 14.2. The molecule has 0 aliphatic rings. The third-order valence-electron chi connectivity index (χ3n) is 3.31. The van der Waals surface area contributed by atoms with Crippen molar-refractivity contribution in [1.29, 1.82) is 0 Å². The molecule has 0 spiro atoms. The van der Waals surface area contributed by atoms with Crippen molar-refractivity contribution >= 4 is 11.4 Å². The van der Waals surface area contributed by atoms with Gasteiger partial charge >= 0.3 is 0 Å². The van der Waals surface area contributed by atoms with Gasteiger partial charge in [-0.1, -0.05) is 24.3 Å². The van der Waals surface area contributed by atoms with Crippen molar-refractivity contribution in [2.75, 3.05) is 0 Å².